The Morgan fingerprint density at radius 1 is 0.903 bits per heavy atom. The Bertz CT molecular complexity index is 643. The number of carboxylic acids is 1. The summed E-state index contributed by atoms with van der Waals surface area (Å²) >= 11 is 0. The first-order valence-electron chi connectivity index (χ1n) is 10.6. The van der Waals surface area contributed by atoms with Crippen LogP contribution in [0.25, 0.3) is 0 Å². The first kappa shape index (κ1) is 29.5. The maximum Gasteiger partial charge on any atom is 0.509 e. The van der Waals surface area contributed by atoms with Gasteiger partial charge < -0.3 is 14.6 Å². The molecule has 3 atom stereocenters. The molecule has 3 unspecified atom stereocenters. The number of rotatable bonds is 12. The van der Waals surface area contributed by atoms with Crippen molar-refractivity contribution >= 4 is 25.9 Å². The van der Waals surface area contributed by atoms with Crippen LogP contribution in [0.5, 0.6) is 0 Å². The van der Waals surface area contributed by atoms with Gasteiger partial charge >= 0.3 is 25.9 Å². The predicted molar refractivity (Wildman–Crippen MR) is 118 cm³/mol. The fraction of sp³-hybridized carbons (Fsp3) is 0.864. The van der Waals surface area contributed by atoms with Crippen molar-refractivity contribution in [1.82, 2.24) is 0 Å². The van der Waals surface area contributed by atoms with Crippen molar-refractivity contribution in [2.45, 2.75) is 105 Å². The van der Waals surface area contributed by atoms with Crippen molar-refractivity contribution in [2.24, 2.45) is 11.8 Å². The molecule has 0 radical (unpaired) electrons. The molecule has 0 aromatic rings. The molecule has 0 heterocycles. The topological polar surface area (TPSA) is 116 Å². The van der Waals surface area contributed by atoms with Gasteiger partial charge in [-0.25, -0.2) is 0 Å². The van der Waals surface area contributed by atoms with E-state index in [0.717, 1.165) is 0 Å². The van der Waals surface area contributed by atoms with Crippen LogP contribution in [0.3, 0.4) is 0 Å². The van der Waals surface area contributed by atoms with Gasteiger partial charge in [-0.15, -0.1) is 4.52 Å². The van der Waals surface area contributed by atoms with Gasteiger partial charge in [0, 0.05) is 6.42 Å². The zero-order chi connectivity index (χ0) is 24.6. The summed E-state index contributed by atoms with van der Waals surface area (Å²) in [5.41, 5.74) is -2.18. The molecule has 0 aliphatic heterocycles. The molecule has 180 valence electrons. The van der Waals surface area contributed by atoms with E-state index in [4.69, 9.17) is 19.1 Å². The lowest BCUT2D eigenvalue weighted by Gasteiger charge is -2.23. The number of ether oxygens (including phenoxy) is 2. The molecule has 0 fully saturated rings. The number of hydrogen-bond acceptors (Lipinski definition) is 7. The van der Waals surface area contributed by atoms with Crippen molar-refractivity contribution in [3.63, 3.8) is 0 Å². The van der Waals surface area contributed by atoms with E-state index in [9.17, 15) is 18.9 Å². The minimum absolute atomic E-state index is 0.0100. The normalized spacial score (nSPS) is 15.1. The third-order valence-electron chi connectivity index (χ3n) is 4.18. The summed E-state index contributed by atoms with van der Waals surface area (Å²) in [6.07, 6.45) is 0.801. The smallest absolute Gasteiger partial charge is 0.481 e. The molecule has 0 saturated heterocycles. The minimum atomic E-state index is -2.24. The molecule has 0 amide bonds. The largest absolute Gasteiger partial charge is 0.509 e. The molecule has 1 N–H and O–H groups in total. The second kappa shape index (κ2) is 11.9. The van der Waals surface area contributed by atoms with E-state index in [-0.39, 0.29) is 19.0 Å². The van der Waals surface area contributed by atoms with E-state index in [2.05, 4.69) is 0 Å². The standard InChI is InChI=1S/C22H39O8P/c1-15(18(24)25)12-13-22(8,9)30-31(27)14-16(19(26)29-21(5,6)7)10-11-17(23)28-20(2,3)4/h15-16H,10-14H2,1-9H3/p+1. The molecule has 0 bridgehead atoms. The van der Waals surface area contributed by atoms with E-state index in [1.807, 2.05) is 0 Å². The second-order valence-electron chi connectivity index (χ2n) is 10.5. The van der Waals surface area contributed by atoms with E-state index >= 15 is 0 Å². The monoisotopic (exact) mass is 463 g/mol. The Hall–Kier alpha value is -1.53. The van der Waals surface area contributed by atoms with Crippen LogP contribution >= 0.6 is 8.03 Å². The molecule has 0 saturated carbocycles. The van der Waals surface area contributed by atoms with Crippen molar-refractivity contribution < 1.29 is 38.1 Å². The average Bonchev–Trinajstić information content (AvgIpc) is 2.52. The second-order valence-corrected chi connectivity index (χ2v) is 11.7. The van der Waals surface area contributed by atoms with E-state index in [1.54, 1.807) is 62.3 Å². The number of esters is 2. The molecule has 31 heavy (non-hydrogen) atoms. The lowest BCUT2D eigenvalue weighted by molar-refractivity contribution is -0.160. The van der Waals surface area contributed by atoms with E-state index < -0.39 is 54.6 Å². The zero-order valence-corrected chi connectivity index (χ0v) is 21.3. The Morgan fingerprint density at radius 2 is 1.42 bits per heavy atom. The van der Waals surface area contributed by atoms with Crippen LogP contribution in [-0.4, -0.2) is 46.0 Å². The molecule has 9 heteroatoms. The lowest BCUT2D eigenvalue weighted by Crippen LogP contribution is -2.31. The lowest BCUT2D eigenvalue weighted by atomic mass is 9.96. The van der Waals surface area contributed by atoms with Gasteiger partial charge in [-0.1, -0.05) is 6.92 Å². The predicted octanol–water partition coefficient (Wildman–Crippen LogP) is 5.10. The van der Waals surface area contributed by atoms with Crippen LogP contribution in [-0.2, 0) is 32.9 Å². The molecule has 0 spiro atoms. The van der Waals surface area contributed by atoms with Gasteiger partial charge in [0.2, 0.25) is 0 Å². The van der Waals surface area contributed by atoms with Crippen molar-refractivity contribution in [1.29, 1.82) is 0 Å². The van der Waals surface area contributed by atoms with Gasteiger partial charge in [-0.2, -0.15) is 0 Å². The molecular weight excluding hydrogens is 423 g/mol. The Morgan fingerprint density at radius 3 is 1.87 bits per heavy atom. The van der Waals surface area contributed by atoms with Gasteiger partial charge in [0.05, 0.1) is 5.92 Å². The summed E-state index contributed by atoms with van der Waals surface area (Å²) in [6.45, 7) is 15.6. The number of carbonyl (C=O) groups excluding carboxylic acids is 2. The van der Waals surface area contributed by atoms with Crippen LogP contribution in [0.15, 0.2) is 0 Å². The summed E-state index contributed by atoms with van der Waals surface area (Å²) in [6, 6.07) is 0. The summed E-state index contributed by atoms with van der Waals surface area (Å²) in [5, 5.41) is 9.02. The minimum Gasteiger partial charge on any atom is -0.481 e. The molecule has 0 rings (SSSR count). The van der Waals surface area contributed by atoms with Gasteiger partial charge in [-0.05, 0) is 79.2 Å². The highest BCUT2D eigenvalue weighted by molar-refractivity contribution is 7.39. The van der Waals surface area contributed by atoms with Crippen LogP contribution in [0.4, 0.5) is 0 Å². The molecule has 0 aliphatic carbocycles. The number of carbonyl (C=O) groups is 3. The number of aliphatic carboxylic acids is 1. The molecule has 0 aliphatic rings. The maximum absolute atomic E-state index is 12.7. The summed E-state index contributed by atoms with van der Waals surface area (Å²) < 4.78 is 29.0. The summed E-state index contributed by atoms with van der Waals surface area (Å²) in [7, 11) is -2.24. The first-order chi connectivity index (χ1) is 13.8. The fourth-order valence-electron chi connectivity index (χ4n) is 2.58. The summed E-state index contributed by atoms with van der Waals surface area (Å²) in [4.78, 5) is 35.7. The van der Waals surface area contributed by atoms with Crippen LogP contribution < -0.4 is 0 Å². The third-order valence-corrected chi connectivity index (χ3v) is 5.61. The van der Waals surface area contributed by atoms with Crippen LogP contribution in [0.1, 0.15) is 88.0 Å². The molecule has 0 aromatic carbocycles. The van der Waals surface area contributed by atoms with Gasteiger partial charge in [0.15, 0.2) is 6.16 Å². The highest BCUT2D eigenvalue weighted by Crippen LogP contribution is 2.37. The van der Waals surface area contributed by atoms with Crippen LogP contribution in [0.2, 0.25) is 0 Å². The average molecular weight is 464 g/mol. The number of carboxylic acid groups (broad SMARTS) is 1. The van der Waals surface area contributed by atoms with Gasteiger partial charge in [-0.3, -0.25) is 14.4 Å². The Balaban J connectivity index is 5.07. The molecular formula is C22H40O8P+. The molecule has 0 aromatic heterocycles. The Kier molecular flexibility index (Phi) is 11.3. The Labute approximate surface area is 187 Å². The van der Waals surface area contributed by atoms with E-state index in [1.165, 1.54) is 0 Å². The van der Waals surface area contributed by atoms with Crippen molar-refractivity contribution in [3.05, 3.63) is 0 Å². The SMILES string of the molecule is CC(CCC(C)(C)O[P+](=O)CC(CCC(=O)OC(C)(C)C)C(=O)OC(C)(C)C)C(=O)O. The van der Waals surface area contributed by atoms with Gasteiger partial charge in [0.25, 0.3) is 0 Å². The van der Waals surface area contributed by atoms with Crippen LogP contribution in [0, 0.1) is 11.8 Å². The fourth-order valence-corrected chi connectivity index (χ4v) is 3.99. The quantitative estimate of drug-likeness (QED) is 0.314. The molecule has 8 nitrogen and oxygen atoms in total. The third kappa shape index (κ3) is 15.0. The zero-order valence-electron chi connectivity index (χ0n) is 20.4. The first-order valence-corrected chi connectivity index (χ1v) is 12.0. The summed E-state index contributed by atoms with van der Waals surface area (Å²) in [5.74, 6) is -3.21. The van der Waals surface area contributed by atoms with Crippen molar-refractivity contribution in [3.8, 4) is 0 Å². The number of hydrogen-bond donors (Lipinski definition) is 1. The van der Waals surface area contributed by atoms with Gasteiger partial charge in [0.1, 0.15) is 22.7 Å². The maximum atomic E-state index is 12.7. The highest BCUT2D eigenvalue weighted by Gasteiger charge is 2.38. The van der Waals surface area contributed by atoms with Crippen molar-refractivity contribution in [2.75, 3.05) is 6.16 Å². The van der Waals surface area contributed by atoms with E-state index in [0.29, 0.717) is 12.8 Å². The highest BCUT2D eigenvalue weighted by atomic mass is 31.1.